The molecule has 3 aliphatic rings. The van der Waals surface area contributed by atoms with E-state index in [0.717, 1.165) is 42.4 Å². The highest BCUT2D eigenvalue weighted by Crippen LogP contribution is 2.63. The zero-order valence-corrected chi connectivity index (χ0v) is 23.2. The number of ketones is 1. The molecule has 37 heavy (non-hydrogen) atoms. The van der Waals surface area contributed by atoms with Crippen LogP contribution in [0.3, 0.4) is 0 Å². The molecule has 6 nitrogen and oxygen atoms in total. The molecule has 198 valence electrons. The summed E-state index contributed by atoms with van der Waals surface area (Å²) in [7, 11) is 0. The Kier molecular flexibility index (Phi) is 6.50. The summed E-state index contributed by atoms with van der Waals surface area (Å²) in [5.41, 5.74) is 3.28. The summed E-state index contributed by atoms with van der Waals surface area (Å²) >= 11 is 1.44. The van der Waals surface area contributed by atoms with Gasteiger partial charge in [-0.3, -0.25) is 9.59 Å². The highest BCUT2D eigenvalue weighted by molar-refractivity contribution is 7.15. The van der Waals surface area contributed by atoms with Crippen LogP contribution >= 0.6 is 11.3 Å². The number of Topliss-reactive ketones (excluding diaryl/α,β-unsaturated/α-hetero) is 1. The van der Waals surface area contributed by atoms with Crippen LogP contribution in [0.2, 0.25) is 0 Å². The van der Waals surface area contributed by atoms with Crippen LogP contribution in [0.5, 0.6) is 5.75 Å². The Balaban J connectivity index is 1.44. The minimum atomic E-state index is -0.523. The number of hydrogen-bond acceptors (Lipinski definition) is 6. The molecule has 5 rings (SSSR count). The Bertz CT molecular complexity index is 1270. The minimum Gasteiger partial charge on any atom is -0.515 e. The Morgan fingerprint density at radius 2 is 2.05 bits per heavy atom. The monoisotopic (exact) mass is 522 g/mol. The van der Waals surface area contributed by atoms with Gasteiger partial charge in [0.05, 0.1) is 6.26 Å². The number of aliphatic hydroxyl groups is 1. The van der Waals surface area contributed by atoms with Crippen molar-refractivity contribution in [3.63, 3.8) is 0 Å². The molecular formula is C30H38N2O4S. The highest BCUT2D eigenvalue weighted by Gasteiger charge is 2.60. The van der Waals surface area contributed by atoms with Crippen molar-refractivity contribution >= 4 is 28.2 Å². The summed E-state index contributed by atoms with van der Waals surface area (Å²) in [5.74, 6) is 0.826. The molecule has 3 aliphatic carbocycles. The molecule has 1 heterocycles. The van der Waals surface area contributed by atoms with Gasteiger partial charge in [-0.2, -0.15) is 0 Å². The predicted octanol–water partition coefficient (Wildman–Crippen LogP) is 6.58. The second-order valence-corrected chi connectivity index (χ2v) is 13.7. The highest BCUT2D eigenvalue weighted by atomic mass is 32.1. The van der Waals surface area contributed by atoms with Gasteiger partial charge in [0.1, 0.15) is 5.75 Å². The van der Waals surface area contributed by atoms with E-state index in [2.05, 4.69) is 44.1 Å². The number of carbonyl (C=O) groups excluding carboxylic acids is 2. The fourth-order valence-corrected chi connectivity index (χ4v) is 8.21. The van der Waals surface area contributed by atoms with Crippen molar-refractivity contribution in [3.05, 3.63) is 51.7 Å². The van der Waals surface area contributed by atoms with Gasteiger partial charge in [0.2, 0.25) is 5.91 Å². The molecule has 2 saturated carbocycles. The Morgan fingerprint density at radius 3 is 2.70 bits per heavy atom. The molecule has 2 fully saturated rings. The molecule has 5 atom stereocenters. The average molecular weight is 523 g/mol. The molecular weight excluding hydrogens is 484 g/mol. The lowest BCUT2D eigenvalue weighted by atomic mass is 9.53. The Labute approximate surface area is 223 Å². The number of nitrogens with zero attached hydrogens (tertiary/aromatic N) is 1. The molecule has 0 spiro atoms. The van der Waals surface area contributed by atoms with E-state index in [4.69, 9.17) is 0 Å². The summed E-state index contributed by atoms with van der Waals surface area (Å²) in [6.45, 7) is 10.4. The Hall–Kier alpha value is -2.67. The van der Waals surface area contributed by atoms with Crippen molar-refractivity contribution in [2.45, 2.75) is 84.5 Å². The minimum absolute atomic E-state index is 0.0475. The molecule has 5 unspecified atom stereocenters. The van der Waals surface area contributed by atoms with Gasteiger partial charge in [0.25, 0.3) is 0 Å². The van der Waals surface area contributed by atoms with Gasteiger partial charge in [-0.05, 0) is 90.9 Å². The third-order valence-electron chi connectivity index (χ3n) is 9.20. The number of phenolic OH excluding ortho intramolecular Hbond substituents is 1. The van der Waals surface area contributed by atoms with Crippen LogP contribution in [-0.2, 0) is 21.4 Å². The number of thiazole rings is 1. The van der Waals surface area contributed by atoms with Crippen LogP contribution in [-0.4, -0.2) is 26.9 Å². The number of allylic oxidation sites excluding steroid dienone is 1. The number of carbonyl (C=O) groups is 2. The van der Waals surface area contributed by atoms with E-state index in [9.17, 15) is 19.8 Å². The number of phenols is 1. The number of aryl methyl sites for hydroxylation is 2. The fraction of sp³-hybridized carbons (Fsp3) is 0.567. The van der Waals surface area contributed by atoms with E-state index in [-0.39, 0.29) is 35.4 Å². The lowest BCUT2D eigenvalue weighted by molar-refractivity contribution is -0.127. The molecule has 7 heteroatoms. The molecule has 1 amide bonds. The number of fused-ring (bicyclic) bond motifs is 5. The number of amides is 1. The first-order chi connectivity index (χ1) is 17.4. The van der Waals surface area contributed by atoms with Gasteiger partial charge >= 0.3 is 0 Å². The molecule has 2 aromatic rings. The molecule has 1 aromatic carbocycles. The third-order valence-corrected chi connectivity index (χ3v) is 10.0. The van der Waals surface area contributed by atoms with E-state index in [1.165, 1.54) is 22.5 Å². The van der Waals surface area contributed by atoms with Gasteiger partial charge in [-0.15, -0.1) is 11.3 Å². The number of hydrogen-bond donors (Lipinski definition) is 3. The van der Waals surface area contributed by atoms with Crippen molar-refractivity contribution < 1.29 is 19.8 Å². The molecule has 0 radical (unpaired) electrons. The number of aromatic hydroxyl groups is 1. The first-order valence-corrected chi connectivity index (χ1v) is 14.2. The molecule has 0 bridgehead atoms. The van der Waals surface area contributed by atoms with Gasteiger partial charge in [-0.25, -0.2) is 4.98 Å². The van der Waals surface area contributed by atoms with Crippen molar-refractivity contribution in [1.82, 2.24) is 4.98 Å². The standard InChI is InChI=1S/C30H38N2O4S/c1-16-14-31-28(37-16)32-25(35)9-8-20-22(15-33)27(36)30(5)11-10-18-19(26(20)30)7-6-17-12-24(34)23(13-21(17)18)29(2,3)4/h12-15,18-20,26,33-34H,6-11H2,1-5H3,(H,31,32,35)/b22-15-. The van der Waals surface area contributed by atoms with Crippen molar-refractivity contribution in [2.75, 3.05) is 5.32 Å². The second kappa shape index (κ2) is 9.26. The number of anilines is 1. The number of nitrogens with one attached hydrogen (secondary N) is 1. The summed E-state index contributed by atoms with van der Waals surface area (Å²) in [6, 6.07) is 4.17. The first-order valence-electron chi connectivity index (χ1n) is 13.4. The summed E-state index contributed by atoms with van der Waals surface area (Å²) in [6.07, 6.45) is 7.04. The van der Waals surface area contributed by atoms with Crippen LogP contribution in [0, 0.1) is 30.1 Å². The number of aromatic nitrogens is 1. The molecule has 0 saturated heterocycles. The lowest BCUT2D eigenvalue weighted by Gasteiger charge is -2.50. The lowest BCUT2D eigenvalue weighted by Crippen LogP contribution is -2.44. The number of rotatable bonds is 4. The van der Waals surface area contributed by atoms with Crippen molar-refractivity contribution in [3.8, 4) is 5.75 Å². The summed E-state index contributed by atoms with van der Waals surface area (Å²) in [4.78, 5) is 31.6. The SMILES string of the molecule is Cc1cnc(NC(=O)CCC2/C(=C/O)C(=O)C3(C)CCC4c5cc(C(C)(C)C)c(O)cc5CCC4C23)s1. The van der Waals surface area contributed by atoms with E-state index in [1.54, 1.807) is 6.20 Å². The van der Waals surface area contributed by atoms with Crippen LogP contribution in [0.25, 0.3) is 0 Å². The number of benzene rings is 1. The van der Waals surface area contributed by atoms with Gasteiger partial charge in [0, 0.05) is 28.5 Å². The summed E-state index contributed by atoms with van der Waals surface area (Å²) in [5, 5.41) is 24.4. The van der Waals surface area contributed by atoms with E-state index < -0.39 is 5.41 Å². The van der Waals surface area contributed by atoms with Crippen molar-refractivity contribution in [1.29, 1.82) is 0 Å². The maximum absolute atomic E-state index is 13.6. The maximum Gasteiger partial charge on any atom is 0.226 e. The van der Waals surface area contributed by atoms with Crippen LogP contribution in [0.1, 0.15) is 87.3 Å². The second-order valence-electron chi connectivity index (χ2n) is 12.5. The number of aliphatic hydroxyl groups excluding tert-OH is 1. The van der Waals surface area contributed by atoms with Crippen LogP contribution < -0.4 is 5.32 Å². The molecule has 0 aliphatic heterocycles. The largest absolute Gasteiger partial charge is 0.515 e. The topological polar surface area (TPSA) is 99.5 Å². The fourth-order valence-electron chi connectivity index (χ4n) is 7.53. The average Bonchev–Trinajstić information content (AvgIpc) is 3.33. The van der Waals surface area contributed by atoms with E-state index >= 15 is 0 Å². The zero-order valence-electron chi connectivity index (χ0n) is 22.4. The van der Waals surface area contributed by atoms with Gasteiger partial charge in [-0.1, -0.05) is 33.8 Å². The quantitative estimate of drug-likeness (QED) is 0.311. The smallest absolute Gasteiger partial charge is 0.226 e. The van der Waals surface area contributed by atoms with Crippen molar-refractivity contribution in [2.24, 2.45) is 23.2 Å². The Morgan fingerprint density at radius 1 is 1.30 bits per heavy atom. The summed E-state index contributed by atoms with van der Waals surface area (Å²) < 4.78 is 0. The third kappa shape index (κ3) is 4.39. The molecule has 1 aromatic heterocycles. The zero-order chi connectivity index (χ0) is 26.7. The van der Waals surface area contributed by atoms with E-state index in [0.29, 0.717) is 34.7 Å². The van der Waals surface area contributed by atoms with E-state index in [1.807, 2.05) is 13.0 Å². The molecule has 3 N–H and O–H groups in total. The first kappa shape index (κ1) is 26.0. The van der Waals surface area contributed by atoms with Crippen LogP contribution in [0.15, 0.2) is 30.2 Å². The predicted molar refractivity (Wildman–Crippen MR) is 146 cm³/mol. The van der Waals surface area contributed by atoms with Crippen LogP contribution in [0.4, 0.5) is 5.13 Å². The maximum atomic E-state index is 13.6. The van der Waals surface area contributed by atoms with Gasteiger partial charge in [0.15, 0.2) is 10.9 Å². The normalized spacial score (nSPS) is 30.1. The van der Waals surface area contributed by atoms with Gasteiger partial charge < -0.3 is 15.5 Å².